The second-order valence-corrected chi connectivity index (χ2v) is 5.43. The first-order valence-electron chi connectivity index (χ1n) is 7.77. The first kappa shape index (κ1) is 15.9. The van der Waals surface area contributed by atoms with Crippen molar-refractivity contribution in [3.05, 3.63) is 66.7 Å². The van der Waals surface area contributed by atoms with Crippen LogP contribution in [0.15, 0.2) is 66.7 Å². The lowest BCUT2D eigenvalue weighted by molar-refractivity contribution is -0.122. The fourth-order valence-corrected chi connectivity index (χ4v) is 2.53. The average molecular weight is 321 g/mol. The van der Waals surface area contributed by atoms with Gasteiger partial charge in [0, 0.05) is 11.1 Å². The van der Waals surface area contributed by atoms with Gasteiger partial charge in [0.25, 0.3) is 5.91 Å². The van der Waals surface area contributed by atoms with Gasteiger partial charge >= 0.3 is 0 Å². The largest absolute Gasteiger partial charge is 0.493 e. The molecule has 0 spiro atoms. The Morgan fingerprint density at radius 3 is 2.38 bits per heavy atom. The molecule has 0 aliphatic heterocycles. The van der Waals surface area contributed by atoms with Crippen LogP contribution < -0.4 is 14.8 Å². The maximum atomic E-state index is 12.5. The van der Waals surface area contributed by atoms with Crippen LogP contribution in [-0.4, -0.2) is 19.1 Å². The van der Waals surface area contributed by atoms with Crippen LogP contribution in [0.1, 0.15) is 6.92 Å². The van der Waals surface area contributed by atoms with Gasteiger partial charge in [0.05, 0.1) is 7.11 Å². The van der Waals surface area contributed by atoms with Crippen molar-refractivity contribution in [1.82, 2.24) is 0 Å². The summed E-state index contributed by atoms with van der Waals surface area (Å²) in [5.74, 6) is 0.931. The number of anilines is 1. The van der Waals surface area contributed by atoms with Gasteiger partial charge in [-0.2, -0.15) is 0 Å². The highest BCUT2D eigenvalue weighted by molar-refractivity contribution is 6.03. The zero-order chi connectivity index (χ0) is 16.9. The minimum absolute atomic E-state index is 0.211. The topological polar surface area (TPSA) is 47.6 Å². The molecule has 4 nitrogen and oxygen atoms in total. The van der Waals surface area contributed by atoms with E-state index in [2.05, 4.69) is 5.32 Å². The van der Waals surface area contributed by atoms with E-state index in [0.29, 0.717) is 11.5 Å². The second-order valence-electron chi connectivity index (χ2n) is 5.43. The van der Waals surface area contributed by atoms with Gasteiger partial charge in [0.2, 0.25) is 0 Å². The van der Waals surface area contributed by atoms with Crippen LogP contribution >= 0.6 is 0 Å². The molecular formula is C20H19NO3. The molecule has 1 N–H and O–H groups in total. The Morgan fingerprint density at radius 1 is 0.917 bits per heavy atom. The molecule has 1 atom stereocenters. The monoisotopic (exact) mass is 321 g/mol. The van der Waals surface area contributed by atoms with E-state index in [9.17, 15) is 4.79 Å². The van der Waals surface area contributed by atoms with Crippen molar-refractivity contribution in [3.8, 4) is 11.5 Å². The normalized spacial score (nSPS) is 11.8. The number of hydrogen-bond donors (Lipinski definition) is 1. The van der Waals surface area contributed by atoms with Crippen LogP contribution in [0.2, 0.25) is 0 Å². The summed E-state index contributed by atoms with van der Waals surface area (Å²) in [6.45, 7) is 1.72. The number of rotatable bonds is 5. The van der Waals surface area contributed by atoms with Gasteiger partial charge in [-0.15, -0.1) is 0 Å². The third-order valence-corrected chi connectivity index (χ3v) is 3.79. The molecule has 122 valence electrons. The molecule has 3 aromatic carbocycles. The summed E-state index contributed by atoms with van der Waals surface area (Å²) in [5, 5.41) is 5.01. The van der Waals surface area contributed by atoms with Gasteiger partial charge in [-0.25, -0.2) is 0 Å². The molecule has 0 bridgehead atoms. The summed E-state index contributed by atoms with van der Waals surface area (Å²) < 4.78 is 11.0. The molecule has 0 aromatic heterocycles. The zero-order valence-electron chi connectivity index (χ0n) is 13.7. The number of hydrogen-bond acceptors (Lipinski definition) is 3. The van der Waals surface area contributed by atoms with E-state index >= 15 is 0 Å². The van der Waals surface area contributed by atoms with E-state index in [1.54, 1.807) is 26.2 Å². The summed E-state index contributed by atoms with van der Waals surface area (Å²) in [5.41, 5.74) is 0.772. The van der Waals surface area contributed by atoms with Crippen molar-refractivity contribution in [2.24, 2.45) is 0 Å². The predicted octanol–water partition coefficient (Wildman–Crippen LogP) is 4.25. The summed E-state index contributed by atoms with van der Waals surface area (Å²) in [6.07, 6.45) is -0.653. The maximum Gasteiger partial charge on any atom is 0.265 e. The number of amides is 1. The van der Waals surface area contributed by atoms with Crippen LogP contribution in [0.3, 0.4) is 0 Å². The van der Waals surface area contributed by atoms with E-state index in [1.165, 1.54) is 0 Å². The molecule has 1 amide bonds. The number of fused-ring (bicyclic) bond motifs is 1. The second kappa shape index (κ2) is 7.04. The highest BCUT2D eigenvalue weighted by Crippen LogP contribution is 2.27. The first-order chi connectivity index (χ1) is 11.7. The summed E-state index contributed by atoms with van der Waals surface area (Å²) in [6, 6.07) is 21.0. The Kier molecular flexibility index (Phi) is 4.66. The van der Waals surface area contributed by atoms with Crippen LogP contribution in [0.25, 0.3) is 10.8 Å². The number of benzene rings is 3. The van der Waals surface area contributed by atoms with Crippen LogP contribution in [0, 0.1) is 0 Å². The molecule has 0 aliphatic rings. The quantitative estimate of drug-likeness (QED) is 0.764. The molecule has 24 heavy (non-hydrogen) atoms. The number of para-hydroxylation sites is 2. The van der Waals surface area contributed by atoms with Gasteiger partial charge in [-0.1, -0.05) is 48.5 Å². The molecule has 0 unspecified atom stereocenters. The molecule has 3 rings (SSSR count). The minimum atomic E-state index is -0.653. The van der Waals surface area contributed by atoms with Crippen LogP contribution in [0.4, 0.5) is 5.69 Å². The summed E-state index contributed by atoms with van der Waals surface area (Å²) >= 11 is 0. The van der Waals surface area contributed by atoms with Crippen molar-refractivity contribution < 1.29 is 14.3 Å². The molecule has 0 saturated carbocycles. The van der Waals surface area contributed by atoms with Gasteiger partial charge in [0.1, 0.15) is 0 Å². The molecule has 0 fully saturated rings. The Hall–Kier alpha value is -3.01. The Labute approximate surface area is 141 Å². The molecule has 3 aromatic rings. The van der Waals surface area contributed by atoms with Gasteiger partial charge in [0.15, 0.2) is 17.6 Å². The van der Waals surface area contributed by atoms with E-state index in [-0.39, 0.29) is 5.91 Å². The molecular weight excluding hydrogens is 302 g/mol. The number of carbonyl (C=O) groups is 1. The standard InChI is InChI=1S/C20H19NO3/c1-14(24-19-13-6-5-12-18(19)23-2)20(22)21-17-11-7-9-15-8-3-4-10-16(15)17/h3-14H,1-2H3,(H,21,22)/t14-/m1/s1. The third kappa shape index (κ3) is 3.33. The Balaban J connectivity index is 1.76. The van der Waals surface area contributed by atoms with Crippen LogP contribution in [-0.2, 0) is 4.79 Å². The lowest BCUT2D eigenvalue weighted by Crippen LogP contribution is -2.30. The summed E-state index contributed by atoms with van der Waals surface area (Å²) in [7, 11) is 1.57. The lowest BCUT2D eigenvalue weighted by atomic mass is 10.1. The minimum Gasteiger partial charge on any atom is -0.493 e. The van der Waals surface area contributed by atoms with E-state index in [0.717, 1.165) is 16.5 Å². The Bertz CT molecular complexity index is 855. The molecule has 0 aliphatic carbocycles. The smallest absolute Gasteiger partial charge is 0.265 e. The molecule has 0 radical (unpaired) electrons. The van der Waals surface area contributed by atoms with Crippen molar-refractivity contribution in [3.63, 3.8) is 0 Å². The van der Waals surface area contributed by atoms with Gasteiger partial charge in [-0.05, 0) is 30.5 Å². The van der Waals surface area contributed by atoms with E-state index in [4.69, 9.17) is 9.47 Å². The van der Waals surface area contributed by atoms with Crippen molar-refractivity contribution in [1.29, 1.82) is 0 Å². The highest BCUT2D eigenvalue weighted by atomic mass is 16.5. The molecule has 0 heterocycles. The number of ether oxygens (including phenoxy) is 2. The van der Waals surface area contributed by atoms with E-state index in [1.807, 2.05) is 54.6 Å². The third-order valence-electron chi connectivity index (χ3n) is 3.79. The lowest BCUT2D eigenvalue weighted by Gasteiger charge is -2.17. The molecule has 0 saturated heterocycles. The highest BCUT2D eigenvalue weighted by Gasteiger charge is 2.17. The van der Waals surface area contributed by atoms with Crippen molar-refractivity contribution >= 4 is 22.4 Å². The maximum absolute atomic E-state index is 12.5. The fraction of sp³-hybridized carbons (Fsp3) is 0.150. The van der Waals surface area contributed by atoms with Gasteiger partial charge < -0.3 is 14.8 Å². The predicted molar refractivity (Wildman–Crippen MR) is 95.7 cm³/mol. The SMILES string of the molecule is COc1ccccc1O[C@H](C)C(=O)Nc1cccc2ccccc12. The zero-order valence-corrected chi connectivity index (χ0v) is 13.7. The Morgan fingerprint density at radius 2 is 1.58 bits per heavy atom. The molecule has 4 heteroatoms. The average Bonchev–Trinajstić information content (AvgIpc) is 2.62. The number of carbonyl (C=O) groups excluding carboxylic acids is 1. The number of methoxy groups -OCH3 is 1. The van der Waals surface area contributed by atoms with Gasteiger partial charge in [-0.3, -0.25) is 4.79 Å². The van der Waals surface area contributed by atoms with Crippen molar-refractivity contribution in [2.45, 2.75) is 13.0 Å². The summed E-state index contributed by atoms with van der Waals surface area (Å²) in [4.78, 5) is 12.5. The fourth-order valence-electron chi connectivity index (χ4n) is 2.53. The van der Waals surface area contributed by atoms with Crippen molar-refractivity contribution in [2.75, 3.05) is 12.4 Å². The van der Waals surface area contributed by atoms with Crippen LogP contribution in [0.5, 0.6) is 11.5 Å². The number of nitrogens with one attached hydrogen (secondary N) is 1. The first-order valence-corrected chi connectivity index (χ1v) is 7.77. The van der Waals surface area contributed by atoms with E-state index < -0.39 is 6.10 Å².